The van der Waals surface area contributed by atoms with Crippen molar-refractivity contribution < 1.29 is 19.0 Å². The quantitative estimate of drug-likeness (QED) is 0.140. The van der Waals surface area contributed by atoms with E-state index in [1.807, 2.05) is 66.7 Å². The van der Waals surface area contributed by atoms with Gasteiger partial charge in [0, 0.05) is 10.6 Å². The second-order valence-electron chi connectivity index (χ2n) is 8.07. The maximum absolute atomic E-state index is 12.7. The Morgan fingerprint density at radius 1 is 0.868 bits per heavy atom. The van der Waals surface area contributed by atoms with Gasteiger partial charge in [0.1, 0.15) is 19.0 Å². The molecule has 0 saturated heterocycles. The number of hydrazone groups is 1. The van der Waals surface area contributed by atoms with Gasteiger partial charge in [-0.25, -0.2) is 5.43 Å². The molecule has 0 aromatic heterocycles. The molecule has 4 rings (SSSR count). The monoisotopic (exact) mass is 656 g/mol. The third-order valence-corrected chi connectivity index (χ3v) is 6.75. The first-order chi connectivity index (χ1) is 18.4. The van der Waals surface area contributed by atoms with E-state index in [-0.39, 0.29) is 5.91 Å². The summed E-state index contributed by atoms with van der Waals surface area (Å²) in [4.78, 5) is 12.7. The Hall–Kier alpha value is -3.33. The minimum atomic E-state index is -0.381. The summed E-state index contributed by atoms with van der Waals surface area (Å²) < 4.78 is 18.7. The molecular weight excluding hydrogens is 636 g/mol. The molecule has 0 radical (unpaired) electrons. The summed E-state index contributed by atoms with van der Waals surface area (Å²) in [5, 5.41) is 4.75. The Bertz CT molecular complexity index is 1420. The molecule has 194 valence electrons. The first-order valence-electron chi connectivity index (χ1n) is 11.5. The Labute approximate surface area is 242 Å². The van der Waals surface area contributed by atoms with Gasteiger partial charge in [0.15, 0.2) is 11.5 Å². The van der Waals surface area contributed by atoms with E-state index in [1.165, 1.54) is 7.11 Å². The van der Waals surface area contributed by atoms with Crippen LogP contribution in [0.25, 0.3) is 0 Å². The van der Waals surface area contributed by atoms with E-state index in [1.54, 1.807) is 24.4 Å². The van der Waals surface area contributed by atoms with Crippen LogP contribution in [-0.2, 0) is 13.2 Å². The van der Waals surface area contributed by atoms with Crippen molar-refractivity contribution in [3.05, 3.63) is 121 Å². The standard InChI is InChI=1S/C29H23Br2ClN2O4/c1-36-27-15-22(10-11-26(27)37-17-19-6-3-2-4-7-19)29(35)34-33-16-21-13-24(30)28(25(31)14-21)38-18-20-8-5-9-23(32)12-20/h2-16H,17-18H2,1H3,(H,34,35)/b33-16+. The molecule has 1 N–H and O–H groups in total. The van der Waals surface area contributed by atoms with E-state index in [4.69, 9.17) is 25.8 Å². The van der Waals surface area contributed by atoms with Crippen molar-refractivity contribution in [1.82, 2.24) is 5.43 Å². The fraction of sp³-hybridized carbons (Fsp3) is 0.103. The Balaban J connectivity index is 1.36. The molecule has 0 atom stereocenters. The van der Waals surface area contributed by atoms with E-state index in [9.17, 15) is 4.79 Å². The number of hydrogen-bond donors (Lipinski definition) is 1. The van der Waals surface area contributed by atoms with Crippen LogP contribution < -0.4 is 19.6 Å². The predicted octanol–water partition coefficient (Wildman–Crippen LogP) is 7.80. The van der Waals surface area contributed by atoms with E-state index < -0.39 is 0 Å². The normalized spacial score (nSPS) is 10.8. The van der Waals surface area contributed by atoms with E-state index in [2.05, 4.69) is 42.4 Å². The van der Waals surface area contributed by atoms with Gasteiger partial charge < -0.3 is 14.2 Å². The van der Waals surface area contributed by atoms with Gasteiger partial charge in [-0.1, -0.05) is 54.1 Å². The molecule has 0 unspecified atom stereocenters. The average Bonchev–Trinajstić information content (AvgIpc) is 2.92. The van der Waals surface area contributed by atoms with Crippen LogP contribution in [-0.4, -0.2) is 19.2 Å². The number of methoxy groups -OCH3 is 1. The first kappa shape index (κ1) is 27.7. The number of carbonyl (C=O) groups excluding carboxylic acids is 1. The van der Waals surface area contributed by atoms with E-state index in [0.717, 1.165) is 25.6 Å². The van der Waals surface area contributed by atoms with Crippen molar-refractivity contribution in [3.63, 3.8) is 0 Å². The van der Waals surface area contributed by atoms with Crippen molar-refractivity contribution in [2.45, 2.75) is 13.2 Å². The van der Waals surface area contributed by atoms with Crippen LogP contribution in [0, 0.1) is 0 Å². The second kappa shape index (κ2) is 13.5. The van der Waals surface area contributed by atoms with Crippen LogP contribution in [0.2, 0.25) is 5.02 Å². The average molecular weight is 659 g/mol. The number of hydrogen-bond acceptors (Lipinski definition) is 5. The van der Waals surface area contributed by atoms with Gasteiger partial charge in [0.05, 0.1) is 22.3 Å². The molecule has 0 heterocycles. The molecule has 38 heavy (non-hydrogen) atoms. The fourth-order valence-electron chi connectivity index (χ4n) is 3.47. The molecule has 4 aromatic rings. The van der Waals surface area contributed by atoms with Crippen molar-refractivity contribution in [3.8, 4) is 17.2 Å². The summed E-state index contributed by atoms with van der Waals surface area (Å²) in [6.07, 6.45) is 1.54. The number of ether oxygens (including phenoxy) is 3. The predicted molar refractivity (Wildman–Crippen MR) is 156 cm³/mol. The van der Waals surface area contributed by atoms with Crippen LogP contribution >= 0.6 is 43.5 Å². The summed E-state index contributed by atoms with van der Waals surface area (Å²) in [6, 6.07) is 26.0. The molecule has 4 aromatic carbocycles. The highest BCUT2D eigenvalue weighted by atomic mass is 79.9. The number of halogens is 3. The lowest BCUT2D eigenvalue weighted by Crippen LogP contribution is -2.17. The molecule has 0 aliphatic carbocycles. The molecule has 0 bridgehead atoms. The molecule has 1 amide bonds. The molecule has 0 aliphatic rings. The van der Waals surface area contributed by atoms with Gasteiger partial charge in [0.2, 0.25) is 0 Å². The summed E-state index contributed by atoms with van der Waals surface area (Å²) >= 11 is 13.1. The van der Waals surface area contributed by atoms with Gasteiger partial charge >= 0.3 is 0 Å². The van der Waals surface area contributed by atoms with Crippen LogP contribution in [0.5, 0.6) is 17.2 Å². The smallest absolute Gasteiger partial charge is 0.271 e. The van der Waals surface area contributed by atoms with Crippen LogP contribution in [0.4, 0.5) is 0 Å². The molecule has 9 heteroatoms. The van der Waals surface area contributed by atoms with Gasteiger partial charge in [-0.2, -0.15) is 5.10 Å². The van der Waals surface area contributed by atoms with Crippen molar-refractivity contribution in [2.24, 2.45) is 5.10 Å². The zero-order chi connectivity index (χ0) is 26.9. The van der Waals surface area contributed by atoms with Crippen LogP contribution in [0.1, 0.15) is 27.0 Å². The molecule has 0 saturated carbocycles. The zero-order valence-corrected chi connectivity index (χ0v) is 24.2. The highest BCUT2D eigenvalue weighted by molar-refractivity contribution is 9.11. The van der Waals surface area contributed by atoms with Gasteiger partial charge in [0.25, 0.3) is 5.91 Å². The fourth-order valence-corrected chi connectivity index (χ4v) is 5.13. The number of benzene rings is 4. The number of rotatable bonds is 10. The number of nitrogens with zero attached hydrogens (tertiary/aromatic N) is 1. The van der Waals surface area contributed by atoms with Crippen LogP contribution in [0.3, 0.4) is 0 Å². The van der Waals surface area contributed by atoms with E-state index in [0.29, 0.717) is 41.0 Å². The highest BCUT2D eigenvalue weighted by Crippen LogP contribution is 2.35. The lowest BCUT2D eigenvalue weighted by atomic mass is 10.2. The largest absolute Gasteiger partial charge is 0.493 e. The minimum Gasteiger partial charge on any atom is -0.493 e. The lowest BCUT2D eigenvalue weighted by Gasteiger charge is -2.12. The van der Waals surface area contributed by atoms with Crippen molar-refractivity contribution in [2.75, 3.05) is 7.11 Å². The Kier molecular flexibility index (Phi) is 9.81. The van der Waals surface area contributed by atoms with Crippen LogP contribution in [0.15, 0.2) is 99.0 Å². The number of amides is 1. The molecule has 0 fully saturated rings. The maximum Gasteiger partial charge on any atom is 0.271 e. The summed E-state index contributed by atoms with van der Waals surface area (Å²) in [6.45, 7) is 0.753. The van der Waals surface area contributed by atoms with Gasteiger partial charge in [-0.05, 0) is 91.0 Å². The Morgan fingerprint density at radius 3 is 2.29 bits per heavy atom. The second-order valence-corrected chi connectivity index (χ2v) is 10.2. The summed E-state index contributed by atoms with van der Waals surface area (Å²) in [5.41, 5.74) is 5.67. The zero-order valence-electron chi connectivity index (χ0n) is 20.3. The lowest BCUT2D eigenvalue weighted by molar-refractivity contribution is 0.0954. The first-order valence-corrected chi connectivity index (χ1v) is 13.4. The van der Waals surface area contributed by atoms with Gasteiger partial charge in [-0.3, -0.25) is 4.79 Å². The number of nitrogens with one attached hydrogen (secondary N) is 1. The maximum atomic E-state index is 12.7. The molecule has 6 nitrogen and oxygen atoms in total. The third-order valence-electron chi connectivity index (χ3n) is 5.34. The Morgan fingerprint density at radius 2 is 1.58 bits per heavy atom. The molecular formula is C29H23Br2ClN2O4. The SMILES string of the molecule is COc1cc(C(=O)N/N=C/c2cc(Br)c(OCc3cccc(Cl)c3)c(Br)c2)ccc1OCc1ccccc1. The van der Waals surface area contributed by atoms with E-state index >= 15 is 0 Å². The third kappa shape index (κ3) is 7.60. The summed E-state index contributed by atoms with van der Waals surface area (Å²) in [7, 11) is 1.53. The topological polar surface area (TPSA) is 69.2 Å². The highest BCUT2D eigenvalue weighted by Gasteiger charge is 2.12. The van der Waals surface area contributed by atoms with Gasteiger partial charge in [-0.15, -0.1) is 0 Å². The summed E-state index contributed by atoms with van der Waals surface area (Å²) in [5.74, 6) is 1.27. The molecule has 0 spiro atoms. The van der Waals surface area contributed by atoms with Crippen molar-refractivity contribution >= 4 is 55.6 Å². The molecule has 0 aliphatic heterocycles. The van der Waals surface area contributed by atoms with Crippen molar-refractivity contribution in [1.29, 1.82) is 0 Å². The minimum absolute atomic E-state index is 0.362. The number of carbonyl (C=O) groups is 1.